The van der Waals surface area contributed by atoms with Crippen LogP contribution < -0.4 is 10.2 Å². The summed E-state index contributed by atoms with van der Waals surface area (Å²) in [6, 6.07) is 8.57. The Bertz CT molecular complexity index is 1060. The standard InChI is InChI=1S/C22H27N3O5S/c1-16(26)25-10-2-4-18-14-20(6-7-21(18)25)31(28,29)24-11-8-17(9-12-24)22(27)23-15-19-5-3-13-30-19/h3,5-7,13-14,17H,2,4,8-12,15H2,1H3,(H,23,27). The monoisotopic (exact) mass is 445 g/mol. The highest BCUT2D eigenvalue weighted by molar-refractivity contribution is 7.89. The van der Waals surface area contributed by atoms with Crippen molar-refractivity contribution in [3.63, 3.8) is 0 Å². The Kier molecular flexibility index (Phi) is 6.15. The summed E-state index contributed by atoms with van der Waals surface area (Å²) >= 11 is 0. The van der Waals surface area contributed by atoms with Gasteiger partial charge in [-0.2, -0.15) is 4.31 Å². The SMILES string of the molecule is CC(=O)N1CCCc2cc(S(=O)(=O)N3CCC(C(=O)NCc4ccco4)CC3)ccc21. The third-order valence-electron chi connectivity index (χ3n) is 6.03. The van der Waals surface area contributed by atoms with Crippen LogP contribution in [0.15, 0.2) is 45.9 Å². The van der Waals surface area contributed by atoms with Crippen LogP contribution in [0.4, 0.5) is 5.69 Å². The molecule has 31 heavy (non-hydrogen) atoms. The number of aryl methyl sites for hydroxylation is 1. The summed E-state index contributed by atoms with van der Waals surface area (Å²) < 4.78 is 33.0. The van der Waals surface area contributed by atoms with Gasteiger partial charge in [0, 0.05) is 38.2 Å². The predicted molar refractivity (Wildman–Crippen MR) is 115 cm³/mol. The molecule has 4 rings (SSSR count). The van der Waals surface area contributed by atoms with Crippen molar-refractivity contribution >= 4 is 27.5 Å². The number of nitrogens with zero attached hydrogens (tertiary/aromatic N) is 2. The van der Waals surface area contributed by atoms with Crippen molar-refractivity contribution in [2.24, 2.45) is 5.92 Å². The third kappa shape index (κ3) is 4.52. The van der Waals surface area contributed by atoms with Crippen LogP contribution in [0.5, 0.6) is 0 Å². The number of carbonyl (C=O) groups excluding carboxylic acids is 2. The average molecular weight is 446 g/mol. The topological polar surface area (TPSA) is 99.9 Å². The molecule has 0 unspecified atom stereocenters. The molecule has 0 spiro atoms. The Morgan fingerprint density at radius 2 is 1.94 bits per heavy atom. The second-order valence-corrected chi connectivity index (χ2v) is 9.98. The lowest BCUT2D eigenvalue weighted by Gasteiger charge is -2.32. The molecule has 0 radical (unpaired) electrons. The number of carbonyl (C=O) groups is 2. The van der Waals surface area contributed by atoms with E-state index in [1.54, 1.807) is 41.5 Å². The third-order valence-corrected chi connectivity index (χ3v) is 7.92. The minimum Gasteiger partial charge on any atom is -0.467 e. The summed E-state index contributed by atoms with van der Waals surface area (Å²) in [5.74, 6) is 0.355. The maximum Gasteiger partial charge on any atom is 0.243 e. The maximum absolute atomic E-state index is 13.2. The first-order chi connectivity index (χ1) is 14.9. The molecular formula is C22H27N3O5S. The van der Waals surface area contributed by atoms with Crippen LogP contribution >= 0.6 is 0 Å². The van der Waals surface area contributed by atoms with Gasteiger partial charge in [-0.15, -0.1) is 0 Å². The molecule has 166 valence electrons. The predicted octanol–water partition coefficient (Wildman–Crippen LogP) is 2.30. The molecule has 1 aromatic heterocycles. The molecule has 0 saturated carbocycles. The number of furan rings is 1. The van der Waals surface area contributed by atoms with Crippen LogP contribution in [-0.2, 0) is 32.6 Å². The van der Waals surface area contributed by atoms with E-state index in [-0.39, 0.29) is 22.6 Å². The minimum atomic E-state index is -3.65. The van der Waals surface area contributed by atoms with Gasteiger partial charge in [-0.1, -0.05) is 0 Å². The maximum atomic E-state index is 13.2. The number of benzene rings is 1. The highest BCUT2D eigenvalue weighted by atomic mass is 32.2. The lowest BCUT2D eigenvalue weighted by Crippen LogP contribution is -2.43. The van der Waals surface area contributed by atoms with Gasteiger partial charge in [0.15, 0.2) is 0 Å². The van der Waals surface area contributed by atoms with Crippen LogP contribution in [0.25, 0.3) is 0 Å². The van der Waals surface area contributed by atoms with E-state index < -0.39 is 10.0 Å². The number of fused-ring (bicyclic) bond motifs is 1. The van der Waals surface area contributed by atoms with Gasteiger partial charge >= 0.3 is 0 Å². The summed E-state index contributed by atoms with van der Waals surface area (Å²) in [5.41, 5.74) is 1.68. The van der Waals surface area contributed by atoms with Crippen LogP contribution in [0.2, 0.25) is 0 Å². The van der Waals surface area contributed by atoms with E-state index in [0.717, 1.165) is 24.1 Å². The number of anilines is 1. The summed E-state index contributed by atoms with van der Waals surface area (Å²) in [7, 11) is -3.65. The van der Waals surface area contributed by atoms with E-state index >= 15 is 0 Å². The second-order valence-electron chi connectivity index (χ2n) is 8.04. The van der Waals surface area contributed by atoms with Gasteiger partial charge in [0.05, 0.1) is 17.7 Å². The zero-order chi connectivity index (χ0) is 22.0. The molecule has 0 bridgehead atoms. The van der Waals surface area contributed by atoms with E-state index in [4.69, 9.17) is 4.42 Å². The zero-order valence-electron chi connectivity index (χ0n) is 17.5. The zero-order valence-corrected chi connectivity index (χ0v) is 18.4. The van der Waals surface area contributed by atoms with Crippen LogP contribution in [0, 0.1) is 5.92 Å². The molecule has 2 aliphatic rings. The van der Waals surface area contributed by atoms with Gasteiger partial charge in [0.2, 0.25) is 21.8 Å². The van der Waals surface area contributed by atoms with E-state index in [0.29, 0.717) is 44.8 Å². The van der Waals surface area contributed by atoms with Crippen molar-refractivity contribution in [2.45, 2.75) is 44.0 Å². The molecule has 2 aromatic rings. The number of rotatable bonds is 5. The smallest absolute Gasteiger partial charge is 0.243 e. The highest BCUT2D eigenvalue weighted by Gasteiger charge is 2.33. The largest absolute Gasteiger partial charge is 0.467 e. The molecule has 1 fully saturated rings. The number of hydrogen-bond donors (Lipinski definition) is 1. The fourth-order valence-corrected chi connectivity index (χ4v) is 5.82. The summed E-state index contributed by atoms with van der Waals surface area (Å²) in [6.45, 7) is 3.12. The van der Waals surface area contributed by atoms with E-state index in [2.05, 4.69) is 5.32 Å². The van der Waals surface area contributed by atoms with Crippen LogP contribution in [0.3, 0.4) is 0 Å². The number of amides is 2. The van der Waals surface area contributed by atoms with Crippen molar-refractivity contribution in [2.75, 3.05) is 24.5 Å². The summed E-state index contributed by atoms with van der Waals surface area (Å²) in [6.07, 6.45) is 4.08. The first-order valence-electron chi connectivity index (χ1n) is 10.6. The Morgan fingerprint density at radius 3 is 2.61 bits per heavy atom. The van der Waals surface area contributed by atoms with Crippen molar-refractivity contribution < 1.29 is 22.4 Å². The molecule has 0 aliphatic carbocycles. The molecule has 8 nitrogen and oxygen atoms in total. The Morgan fingerprint density at radius 1 is 1.16 bits per heavy atom. The highest BCUT2D eigenvalue weighted by Crippen LogP contribution is 2.31. The van der Waals surface area contributed by atoms with Crippen LogP contribution in [-0.4, -0.2) is 44.2 Å². The fraction of sp³-hybridized carbons (Fsp3) is 0.455. The minimum absolute atomic E-state index is 0.0380. The number of nitrogens with one attached hydrogen (secondary N) is 1. The Balaban J connectivity index is 1.40. The van der Waals surface area contributed by atoms with Gasteiger partial charge < -0.3 is 14.6 Å². The molecule has 1 N–H and O–H groups in total. The molecule has 3 heterocycles. The number of piperidine rings is 1. The van der Waals surface area contributed by atoms with Gasteiger partial charge in [-0.05, 0) is 61.6 Å². The van der Waals surface area contributed by atoms with Crippen molar-refractivity contribution in [3.8, 4) is 0 Å². The molecule has 1 saturated heterocycles. The Hall–Kier alpha value is -2.65. The van der Waals surface area contributed by atoms with E-state index in [9.17, 15) is 18.0 Å². The van der Waals surface area contributed by atoms with E-state index in [1.807, 2.05) is 0 Å². The molecule has 9 heteroatoms. The number of sulfonamides is 1. The summed E-state index contributed by atoms with van der Waals surface area (Å²) in [5, 5.41) is 2.85. The van der Waals surface area contributed by atoms with E-state index in [1.165, 1.54) is 11.2 Å². The fourth-order valence-electron chi connectivity index (χ4n) is 4.30. The Labute approximate surface area is 182 Å². The molecule has 0 atom stereocenters. The summed E-state index contributed by atoms with van der Waals surface area (Å²) in [4.78, 5) is 26.2. The van der Waals surface area contributed by atoms with Gasteiger partial charge in [0.25, 0.3) is 0 Å². The molecule has 2 amide bonds. The van der Waals surface area contributed by atoms with Gasteiger partial charge in [0.1, 0.15) is 5.76 Å². The molecule has 1 aromatic carbocycles. The molecule has 2 aliphatic heterocycles. The van der Waals surface area contributed by atoms with Gasteiger partial charge in [-0.25, -0.2) is 8.42 Å². The lowest BCUT2D eigenvalue weighted by atomic mass is 9.97. The van der Waals surface area contributed by atoms with Crippen LogP contribution in [0.1, 0.15) is 37.5 Å². The van der Waals surface area contributed by atoms with Crippen molar-refractivity contribution in [1.29, 1.82) is 0 Å². The van der Waals surface area contributed by atoms with Crippen molar-refractivity contribution in [1.82, 2.24) is 9.62 Å². The molecular weight excluding hydrogens is 418 g/mol. The first kappa shape index (κ1) is 21.6. The number of hydrogen-bond acceptors (Lipinski definition) is 5. The second kappa shape index (κ2) is 8.84. The lowest BCUT2D eigenvalue weighted by molar-refractivity contribution is -0.126. The average Bonchev–Trinajstić information content (AvgIpc) is 3.30. The first-order valence-corrected chi connectivity index (χ1v) is 12.0. The van der Waals surface area contributed by atoms with Crippen molar-refractivity contribution in [3.05, 3.63) is 47.9 Å². The normalized spacial score (nSPS) is 17.9. The quantitative estimate of drug-likeness (QED) is 0.761. The van der Waals surface area contributed by atoms with Gasteiger partial charge in [-0.3, -0.25) is 9.59 Å².